The van der Waals surface area contributed by atoms with Crippen molar-refractivity contribution in [1.82, 2.24) is 9.47 Å². The Labute approximate surface area is 164 Å². The lowest BCUT2D eigenvalue weighted by Crippen LogP contribution is -2.35. The number of methoxy groups -OCH3 is 3. The molecule has 1 amide bonds. The van der Waals surface area contributed by atoms with Crippen molar-refractivity contribution in [2.75, 3.05) is 34.4 Å². The van der Waals surface area contributed by atoms with Gasteiger partial charge in [0.25, 0.3) is 11.5 Å². The van der Waals surface area contributed by atoms with Crippen LogP contribution in [-0.2, 0) is 4.79 Å². The van der Waals surface area contributed by atoms with E-state index in [4.69, 9.17) is 14.2 Å². The van der Waals surface area contributed by atoms with Crippen LogP contribution in [0.4, 0.5) is 0 Å². The van der Waals surface area contributed by atoms with Crippen LogP contribution in [0.2, 0.25) is 0 Å². The maximum Gasteiger partial charge on any atom is 0.270 e. The van der Waals surface area contributed by atoms with Gasteiger partial charge in [-0.15, -0.1) is 0 Å². The first-order valence-electron chi connectivity index (χ1n) is 8.99. The molecule has 0 aliphatic rings. The lowest BCUT2D eigenvalue weighted by Gasteiger charge is -2.21. The van der Waals surface area contributed by atoms with Gasteiger partial charge in [-0.3, -0.25) is 14.2 Å². The fourth-order valence-electron chi connectivity index (χ4n) is 2.88. The van der Waals surface area contributed by atoms with E-state index in [1.54, 1.807) is 41.4 Å². The molecule has 0 spiro atoms. The third kappa shape index (κ3) is 4.36. The zero-order valence-electron chi connectivity index (χ0n) is 16.9. The highest BCUT2D eigenvalue weighted by Gasteiger charge is 2.20. The largest absolute Gasteiger partial charge is 0.493 e. The molecule has 2 aromatic rings. The molecule has 0 aliphatic heterocycles. The molecule has 1 aromatic carbocycles. The number of nitrogens with zero attached hydrogens (tertiary/aromatic N) is 2. The van der Waals surface area contributed by atoms with Gasteiger partial charge in [0.15, 0.2) is 11.5 Å². The molecule has 1 heterocycles. The minimum atomic E-state index is -0.290. The number of carbonyl (C=O) groups is 1. The van der Waals surface area contributed by atoms with E-state index in [1.165, 1.54) is 32.0 Å². The minimum Gasteiger partial charge on any atom is -0.493 e. The number of aromatic nitrogens is 1. The smallest absolute Gasteiger partial charge is 0.270 e. The number of carbonyl (C=O) groups excluding carboxylic acids is 1. The van der Waals surface area contributed by atoms with E-state index >= 15 is 0 Å². The fraction of sp³-hybridized carbons (Fsp3) is 0.333. The Morgan fingerprint density at radius 3 is 2.11 bits per heavy atom. The molecule has 0 aliphatic carbocycles. The van der Waals surface area contributed by atoms with Crippen LogP contribution >= 0.6 is 0 Å². The summed E-state index contributed by atoms with van der Waals surface area (Å²) < 4.78 is 17.4. The van der Waals surface area contributed by atoms with Gasteiger partial charge in [-0.25, -0.2) is 0 Å². The minimum absolute atomic E-state index is 0.239. The summed E-state index contributed by atoms with van der Waals surface area (Å²) in [7, 11) is 4.57. The van der Waals surface area contributed by atoms with E-state index in [1.807, 2.05) is 13.8 Å². The van der Waals surface area contributed by atoms with Crippen molar-refractivity contribution in [2.45, 2.75) is 13.8 Å². The first kappa shape index (κ1) is 21.1. The molecule has 1 aromatic heterocycles. The van der Waals surface area contributed by atoms with Crippen molar-refractivity contribution >= 4 is 17.7 Å². The predicted octanol–water partition coefficient (Wildman–Crippen LogP) is 2.74. The van der Waals surface area contributed by atoms with Crippen LogP contribution in [0.3, 0.4) is 0 Å². The summed E-state index contributed by atoms with van der Waals surface area (Å²) in [6.07, 6.45) is 3.22. The lowest BCUT2D eigenvalue weighted by molar-refractivity contribution is -0.125. The molecule has 7 heteroatoms. The quantitative estimate of drug-likeness (QED) is 0.653. The molecule has 0 saturated heterocycles. The second kappa shape index (κ2) is 9.64. The molecule has 0 unspecified atom stereocenters. The summed E-state index contributed by atoms with van der Waals surface area (Å²) in [5, 5.41) is 0. The van der Waals surface area contributed by atoms with Gasteiger partial charge in [-0.2, -0.15) is 0 Å². The average Bonchev–Trinajstić information content (AvgIpc) is 2.72. The number of rotatable bonds is 8. The summed E-state index contributed by atoms with van der Waals surface area (Å²) in [4.78, 5) is 27.1. The van der Waals surface area contributed by atoms with Gasteiger partial charge in [0.1, 0.15) is 5.70 Å². The molecule has 150 valence electrons. The second-order valence-corrected chi connectivity index (χ2v) is 5.87. The molecule has 0 N–H and O–H groups in total. The number of hydrogen-bond donors (Lipinski definition) is 0. The topological polar surface area (TPSA) is 70.0 Å². The van der Waals surface area contributed by atoms with Gasteiger partial charge in [-0.05, 0) is 43.7 Å². The van der Waals surface area contributed by atoms with Crippen LogP contribution in [0, 0.1) is 0 Å². The molecule has 0 atom stereocenters. The zero-order valence-corrected chi connectivity index (χ0v) is 16.9. The standard InChI is InChI=1S/C21H26N2O5/c1-6-22(7-2)21(25)16(23-11-9-8-10-19(23)24)12-15-13-17(26-3)20(28-5)18(14-15)27-4/h8-14H,6-7H2,1-5H3/b16-12+. The van der Waals surface area contributed by atoms with Crippen molar-refractivity contribution in [2.24, 2.45) is 0 Å². The normalized spacial score (nSPS) is 11.1. The lowest BCUT2D eigenvalue weighted by atomic mass is 10.1. The maximum atomic E-state index is 13.1. The van der Waals surface area contributed by atoms with Crippen LogP contribution in [0.15, 0.2) is 41.3 Å². The molecule has 0 radical (unpaired) electrons. The third-order valence-corrected chi connectivity index (χ3v) is 4.34. The van der Waals surface area contributed by atoms with Gasteiger partial charge in [-0.1, -0.05) is 6.07 Å². The van der Waals surface area contributed by atoms with E-state index in [9.17, 15) is 9.59 Å². The van der Waals surface area contributed by atoms with Gasteiger partial charge in [0, 0.05) is 25.4 Å². The van der Waals surface area contributed by atoms with E-state index in [0.29, 0.717) is 35.9 Å². The SMILES string of the molecule is CCN(CC)C(=O)/C(=C\c1cc(OC)c(OC)c(OC)c1)n1ccccc1=O. The van der Waals surface area contributed by atoms with E-state index in [-0.39, 0.29) is 17.2 Å². The molecule has 28 heavy (non-hydrogen) atoms. The highest BCUT2D eigenvalue weighted by Crippen LogP contribution is 2.38. The number of benzene rings is 1. The number of likely N-dealkylation sites (N-methyl/N-ethyl adjacent to an activating group) is 1. The molecule has 7 nitrogen and oxygen atoms in total. The van der Waals surface area contributed by atoms with Crippen molar-refractivity contribution in [3.63, 3.8) is 0 Å². The van der Waals surface area contributed by atoms with Crippen molar-refractivity contribution in [3.05, 3.63) is 52.4 Å². The Morgan fingerprint density at radius 1 is 1.04 bits per heavy atom. The van der Waals surface area contributed by atoms with E-state index in [2.05, 4.69) is 0 Å². The Balaban J connectivity index is 2.70. The number of hydrogen-bond acceptors (Lipinski definition) is 5. The Morgan fingerprint density at radius 2 is 1.64 bits per heavy atom. The number of amides is 1. The monoisotopic (exact) mass is 386 g/mol. The highest BCUT2D eigenvalue weighted by atomic mass is 16.5. The summed E-state index contributed by atoms with van der Waals surface area (Å²) in [6.45, 7) is 4.85. The first-order valence-corrected chi connectivity index (χ1v) is 8.99. The van der Waals surface area contributed by atoms with Gasteiger partial charge >= 0.3 is 0 Å². The predicted molar refractivity (Wildman–Crippen MR) is 109 cm³/mol. The average molecular weight is 386 g/mol. The summed E-state index contributed by atoms with van der Waals surface area (Å²) >= 11 is 0. The van der Waals surface area contributed by atoms with Crippen LogP contribution in [0.1, 0.15) is 19.4 Å². The van der Waals surface area contributed by atoms with E-state index < -0.39 is 0 Å². The molecule has 2 rings (SSSR count). The second-order valence-electron chi connectivity index (χ2n) is 5.87. The molecular weight excluding hydrogens is 360 g/mol. The first-order chi connectivity index (χ1) is 13.5. The van der Waals surface area contributed by atoms with Crippen molar-refractivity contribution in [3.8, 4) is 17.2 Å². The molecular formula is C21H26N2O5. The molecule has 0 bridgehead atoms. The van der Waals surface area contributed by atoms with Crippen molar-refractivity contribution < 1.29 is 19.0 Å². The zero-order chi connectivity index (χ0) is 20.7. The summed E-state index contributed by atoms with van der Waals surface area (Å²) in [6, 6.07) is 8.21. The Bertz CT molecular complexity index is 888. The Hall–Kier alpha value is -3.22. The van der Waals surface area contributed by atoms with Gasteiger partial charge in [0.2, 0.25) is 5.75 Å². The summed E-state index contributed by atoms with van der Waals surface area (Å²) in [5.41, 5.74) is 0.589. The van der Waals surface area contributed by atoms with Crippen LogP contribution in [0.5, 0.6) is 17.2 Å². The van der Waals surface area contributed by atoms with Crippen LogP contribution in [-0.4, -0.2) is 49.8 Å². The maximum absolute atomic E-state index is 13.1. The van der Waals surface area contributed by atoms with Crippen LogP contribution in [0.25, 0.3) is 11.8 Å². The van der Waals surface area contributed by atoms with Crippen molar-refractivity contribution in [1.29, 1.82) is 0 Å². The molecule has 0 fully saturated rings. The number of ether oxygens (including phenoxy) is 3. The van der Waals surface area contributed by atoms with Crippen LogP contribution < -0.4 is 19.8 Å². The van der Waals surface area contributed by atoms with Gasteiger partial charge < -0.3 is 19.1 Å². The Kier molecular flexibility index (Phi) is 7.26. The highest BCUT2D eigenvalue weighted by molar-refractivity contribution is 6.18. The fourth-order valence-corrected chi connectivity index (χ4v) is 2.88. The number of pyridine rings is 1. The summed E-state index contributed by atoms with van der Waals surface area (Å²) in [5.74, 6) is 1.13. The van der Waals surface area contributed by atoms with Gasteiger partial charge in [0.05, 0.1) is 21.3 Å². The van der Waals surface area contributed by atoms with E-state index in [0.717, 1.165) is 0 Å². The molecule has 0 saturated carbocycles. The third-order valence-electron chi connectivity index (χ3n) is 4.34.